The number of carbonyl (C=O) groups excluding carboxylic acids is 1. The molecular weight excluding hydrogens is 497 g/mol. The number of hydrogen-bond acceptors (Lipinski definition) is 7. The molecule has 37 heavy (non-hydrogen) atoms. The van der Waals surface area contributed by atoms with E-state index in [4.69, 9.17) is 14.0 Å². The summed E-state index contributed by atoms with van der Waals surface area (Å²) in [6.07, 6.45) is -0.709. The first kappa shape index (κ1) is 25.1. The third-order valence-corrected chi connectivity index (χ3v) is 7.16. The van der Waals surface area contributed by atoms with Gasteiger partial charge in [0.2, 0.25) is 0 Å². The molecular formula is C26H27N3O7P+. The van der Waals surface area contributed by atoms with Crippen LogP contribution in [0.5, 0.6) is 0 Å². The van der Waals surface area contributed by atoms with Crippen LogP contribution < -0.4 is 11.2 Å². The Labute approximate surface area is 213 Å². The lowest BCUT2D eigenvalue weighted by Crippen LogP contribution is -2.51. The zero-order valence-electron chi connectivity index (χ0n) is 20.5. The maximum Gasteiger partial charge on any atom is 0.504 e. The van der Waals surface area contributed by atoms with Crippen LogP contribution in [-0.4, -0.2) is 59.6 Å². The minimum atomic E-state index is -1.88. The fourth-order valence-corrected chi connectivity index (χ4v) is 5.26. The van der Waals surface area contributed by atoms with E-state index in [0.717, 1.165) is 22.3 Å². The normalized spacial score (nSPS) is 19.3. The minimum absolute atomic E-state index is 0.0246. The third kappa shape index (κ3) is 5.13. The van der Waals surface area contributed by atoms with Gasteiger partial charge in [0.25, 0.3) is 5.56 Å². The molecule has 1 aromatic heterocycles. The predicted molar refractivity (Wildman–Crippen MR) is 136 cm³/mol. The van der Waals surface area contributed by atoms with Gasteiger partial charge in [-0.05, 0) is 33.7 Å². The first-order chi connectivity index (χ1) is 17.8. The number of aromatic amines is 1. The van der Waals surface area contributed by atoms with Crippen molar-refractivity contribution >= 4 is 14.1 Å². The standard InChI is InChI=1S/C26H26N3O7P/c1-16-11-29(25(31)27-24(16)30)23-13-28(12-17(36-23)14-35-37(2)33)26(32)34-15-22-20-9-5-3-7-18(20)19-8-4-6-10-21(19)22/h3-11,17,22-23H,12-15H2,1-2H3/p+1. The van der Waals surface area contributed by atoms with Crippen molar-refractivity contribution in [2.45, 2.75) is 25.2 Å². The fraction of sp³-hybridized carbons (Fsp3) is 0.346. The molecule has 3 aromatic rings. The van der Waals surface area contributed by atoms with Crippen molar-refractivity contribution in [3.05, 3.63) is 92.3 Å². The summed E-state index contributed by atoms with van der Waals surface area (Å²) in [6, 6.07) is 16.1. The lowest BCUT2D eigenvalue weighted by atomic mass is 9.98. The number of rotatable bonds is 6. The second-order valence-electron chi connectivity index (χ2n) is 9.14. The molecule has 1 saturated heterocycles. The van der Waals surface area contributed by atoms with Crippen LogP contribution in [0.4, 0.5) is 4.79 Å². The van der Waals surface area contributed by atoms with Gasteiger partial charge in [-0.15, -0.1) is 4.52 Å². The number of ether oxygens (including phenoxy) is 2. The van der Waals surface area contributed by atoms with Gasteiger partial charge in [0.15, 0.2) is 12.9 Å². The molecule has 0 saturated carbocycles. The number of aromatic nitrogens is 2. The second-order valence-corrected chi connectivity index (χ2v) is 10.3. The highest BCUT2D eigenvalue weighted by Crippen LogP contribution is 2.44. The molecule has 2 heterocycles. The van der Waals surface area contributed by atoms with Gasteiger partial charge in [0.1, 0.15) is 19.3 Å². The Morgan fingerprint density at radius 2 is 1.70 bits per heavy atom. The van der Waals surface area contributed by atoms with Gasteiger partial charge in [-0.3, -0.25) is 14.3 Å². The third-order valence-electron chi connectivity index (χ3n) is 6.64. The summed E-state index contributed by atoms with van der Waals surface area (Å²) in [5, 5.41) is 0. The van der Waals surface area contributed by atoms with Crippen LogP contribution >= 0.6 is 8.03 Å². The predicted octanol–water partition coefficient (Wildman–Crippen LogP) is 3.38. The van der Waals surface area contributed by atoms with E-state index in [1.165, 1.54) is 22.3 Å². The van der Waals surface area contributed by atoms with E-state index in [1.807, 2.05) is 36.4 Å². The molecule has 3 atom stereocenters. The van der Waals surface area contributed by atoms with Crippen molar-refractivity contribution in [2.24, 2.45) is 0 Å². The molecule has 3 unspecified atom stereocenters. The molecule has 1 aliphatic heterocycles. The van der Waals surface area contributed by atoms with Crippen molar-refractivity contribution in [2.75, 3.05) is 33.0 Å². The van der Waals surface area contributed by atoms with E-state index in [-0.39, 0.29) is 32.2 Å². The highest BCUT2D eigenvalue weighted by molar-refractivity contribution is 7.38. The summed E-state index contributed by atoms with van der Waals surface area (Å²) in [7, 11) is -1.88. The van der Waals surface area contributed by atoms with Crippen LogP contribution in [0.2, 0.25) is 0 Å². The first-order valence-corrected chi connectivity index (χ1v) is 13.6. The molecule has 10 nitrogen and oxygen atoms in total. The average molecular weight is 524 g/mol. The number of amides is 1. The van der Waals surface area contributed by atoms with Gasteiger partial charge in [0, 0.05) is 17.7 Å². The fourth-order valence-electron chi connectivity index (χ4n) is 4.89. The molecule has 192 valence electrons. The smallest absolute Gasteiger partial charge is 0.448 e. The van der Waals surface area contributed by atoms with E-state index in [0.29, 0.717) is 5.56 Å². The number of morpholine rings is 1. The van der Waals surface area contributed by atoms with Gasteiger partial charge < -0.3 is 14.4 Å². The average Bonchev–Trinajstić information content (AvgIpc) is 3.21. The Bertz CT molecular complexity index is 1420. The lowest BCUT2D eigenvalue weighted by molar-refractivity contribution is -0.127. The number of nitrogens with one attached hydrogen (secondary N) is 1. The van der Waals surface area contributed by atoms with Crippen molar-refractivity contribution in [3.63, 3.8) is 0 Å². The highest BCUT2D eigenvalue weighted by atomic mass is 31.1. The van der Waals surface area contributed by atoms with Gasteiger partial charge in [-0.1, -0.05) is 48.5 Å². The molecule has 1 aliphatic carbocycles. The van der Waals surface area contributed by atoms with E-state index in [9.17, 15) is 18.9 Å². The number of aryl methyl sites for hydroxylation is 1. The molecule has 0 bridgehead atoms. The molecule has 5 rings (SSSR count). The second kappa shape index (κ2) is 10.4. The van der Waals surface area contributed by atoms with Gasteiger partial charge in [-0.2, -0.15) is 0 Å². The number of nitrogens with zero attached hydrogens (tertiary/aromatic N) is 2. The van der Waals surface area contributed by atoms with E-state index < -0.39 is 37.7 Å². The summed E-state index contributed by atoms with van der Waals surface area (Å²) >= 11 is 0. The van der Waals surface area contributed by atoms with Gasteiger partial charge >= 0.3 is 19.8 Å². The highest BCUT2D eigenvalue weighted by Gasteiger charge is 2.36. The van der Waals surface area contributed by atoms with Crippen LogP contribution in [0.3, 0.4) is 0 Å². The Kier molecular flexibility index (Phi) is 7.06. The number of H-pyrrole nitrogens is 1. The Hall–Kier alpha value is -3.59. The van der Waals surface area contributed by atoms with Crippen molar-refractivity contribution in [1.29, 1.82) is 0 Å². The van der Waals surface area contributed by atoms with E-state index in [1.54, 1.807) is 6.92 Å². The topological polar surface area (TPSA) is 120 Å². The summed E-state index contributed by atoms with van der Waals surface area (Å²) < 4.78 is 29.8. The molecule has 2 aliphatic rings. The molecule has 1 fully saturated rings. The zero-order chi connectivity index (χ0) is 26.1. The van der Waals surface area contributed by atoms with Gasteiger partial charge in [0.05, 0.1) is 13.1 Å². The number of benzene rings is 2. The van der Waals surface area contributed by atoms with Crippen molar-refractivity contribution in [1.82, 2.24) is 14.5 Å². The Morgan fingerprint density at radius 1 is 1.05 bits per heavy atom. The maximum atomic E-state index is 13.2. The lowest BCUT2D eigenvalue weighted by Gasteiger charge is -2.37. The summed E-state index contributed by atoms with van der Waals surface area (Å²) in [5.41, 5.74) is 3.64. The monoisotopic (exact) mass is 524 g/mol. The molecule has 1 N–H and O–H groups in total. The molecule has 0 spiro atoms. The van der Waals surface area contributed by atoms with Crippen LogP contribution in [0, 0.1) is 6.92 Å². The largest absolute Gasteiger partial charge is 0.504 e. The summed E-state index contributed by atoms with van der Waals surface area (Å²) in [5.74, 6) is -0.0964. The number of carbonyl (C=O) groups is 1. The van der Waals surface area contributed by atoms with Crippen LogP contribution in [0.15, 0.2) is 64.3 Å². The maximum absolute atomic E-state index is 13.2. The van der Waals surface area contributed by atoms with Gasteiger partial charge in [-0.25, -0.2) is 9.59 Å². The zero-order valence-corrected chi connectivity index (χ0v) is 21.4. The van der Waals surface area contributed by atoms with Crippen LogP contribution in [0.25, 0.3) is 11.1 Å². The van der Waals surface area contributed by atoms with E-state index in [2.05, 4.69) is 17.1 Å². The van der Waals surface area contributed by atoms with E-state index >= 15 is 0 Å². The molecule has 0 radical (unpaired) electrons. The van der Waals surface area contributed by atoms with Crippen molar-refractivity contribution in [3.8, 4) is 11.1 Å². The Morgan fingerprint density at radius 3 is 2.35 bits per heavy atom. The summed E-state index contributed by atoms with van der Waals surface area (Å²) in [6.45, 7) is 3.27. The SMILES string of the molecule is Cc1cn(C2CN(C(=O)OCC3c4ccccc4-c4ccccc43)CC(CO[P+](C)=O)O2)c(=O)[nH]c1=O. The van der Waals surface area contributed by atoms with Crippen molar-refractivity contribution < 1.29 is 23.4 Å². The summed E-state index contributed by atoms with van der Waals surface area (Å²) in [4.78, 5) is 41.3. The molecule has 11 heteroatoms. The number of fused-ring (bicyclic) bond motifs is 3. The quantitative estimate of drug-likeness (QED) is 0.491. The minimum Gasteiger partial charge on any atom is -0.448 e. The van der Waals surface area contributed by atoms with Crippen LogP contribution in [0.1, 0.15) is 28.8 Å². The number of hydrogen-bond donors (Lipinski definition) is 1. The van der Waals surface area contributed by atoms with Crippen LogP contribution in [-0.2, 0) is 18.6 Å². The molecule has 2 aromatic carbocycles. The molecule has 1 amide bonds. The first-order valence-electron chi connectivity index (χ1n) is 11.9. The Balaban J connectivity index is 1.35.